The summed E-state index contributed by atoms with van der Waals surface area (Å²) in [4.78, 5) is 17.6. The Morgan fingerprint density at radius 1 is 1.42 bits per heavy atom. The summed E-state index contributed by atoms with van der Waals surface area (Å²) in [5.41, 5.74) is 0. The highest BCUT2D eigenvalue weighted by molar-refractivity contribution is 5.75. The molecule has 1 amide bonds. The topological polar surface area (TPSA) is 68.8 Å². The average Bonchev–Trinajstić information content (AvgIpc) is 2.91. The minimum absolute atomic E-state index is 0.0807. The first-order chi connectivity index (χ1) is 8.99. The first-order valence-corrected chi connectivity index (χ1v) is 6.10. The maximum absolute atomic E-state index is 11.6. The molecule has 0 aliphatic carbocycles. The van der Waals surface area contributed by atoms with Crippen LogP contribution in [0.4, 0.5) is 0 Å². The van der Waals surface area contributed by atoms with E-state index in [2.05, 4.69) is 15.2 Å². The number of carbonyl (C=O) groups excluding carboxylic acids is 1. The van der Waals surface area contributed by atoms with Gasteiger partial charge in [-0.2, -0.15) is 9.78 Å². The van der Waals surface area contributed by atoms with Crippen molar-refractivity contribution in [3.63, 3.8) is 0 Å². The summed E-state index contributed by atoms with van der Waals surface area (Å²) in [5, 5.41) is 8.48. The van der Waals surface area contributed by atoms with E-state index in [0.717, 1.165) is 11.6 Å². The van der Waals surface area contributed by atoms with Crippen LogP contribution in [0.5, 0.6) is 0 Å². The normalized spacial score (nSPS) is 10.7. The minimum Gasteiger partial charge on any atom is -0.349 e. The Kier molecular flexibility index (Phi) is 3.64. The molecule has 2 aromatic rings. The number of aromatic nitrogens is 5. The van der Waals surface area contributed by atoms with Gasteiger partial charge in [0.1, 0.15) is 11.6 Å². The third-order valence-electron chi connectivity index (χ3n) is 2.85. The molecule has 2 rings (SSSR count). The van der Waals surface area contributed by atoms with Crippen LogP contribution in [0.25, 0.3) is 5.82 Å². The van der Waals surface area contributed by atoms with E-state index in [9.17, 15) is 4.79 Å². The molecule has 7 heteroatoms. The predicted octanol–water partition coefficient (Wildman–Crippen LogP) is 0.330. The summed E-state index contributed by atoms with van der Waals surface area (Å²) < 4.78 is 3.47. The van der Waals surface area contributed by atoms with E-state index in [-0.39, 0.29) is 5.91 Å². The van der Waals surface area contributed by atoms with Gasteiger partial charge >= 0.3 is 0 Å². The Balaban J connectivity index is 2.22. The molecule has 0 atom stereocenters. The van der Waals surface area contributed by atoms with Crippen molar-refractivity contribution in [2.75, 3.05) is 14.1 Å². The van der Waals surface area contributed by atoms with Crippen LogP contribution in [-0.4, -0.2) is 49.4 Å². The maximum Gasteiger partial charge on any atom is 0.222 e. The fourth-order valence-electron chi connectivity index (χ4n) is 1.82. The van der Waals surface area contributed by atoms with Crippen molar-refractivity contribution in [2.45, 2.75) is 19.8 Å². The number of hydrogen-bond acceptors (Lipinski definition) is 4. The zero-order valence-electron chi connectivity index (χ0n) is 11.7. The van der Waals surface area contributed by atoms with E-state index >= 15 is 0 Å². The van der Waals surface area contributed by atoms with Gasteiger partial charge in [-0.1, -0.05) is 0 Å². The number of rotatable bonds is 4. The number of carbonyl (C=O) groups is 1. The first kappa shape index (κ1) is 13.3. The van der Waals surface area contributed by atoms with Crippen LogP contribution >= 0.6 is 0 Å². The molecule has 19 heavy (non-hydrogen) atoms. The van der Waals surface area contributed by atoms with Crippen LogP contribution in [-0.2, 0) is 18.3 Å². The van der Waals surface area contributed by atoms with Gasteiger partial charge in [-0.3, -0.25) is 9.48 Å². The maximum atomic E-state index is 11.6. The summed E-state index contributed by atoms with van der Waals surface area (Å²) >= 11 is 0. The molecule has 7 nitrogen and oxygen atoms in total. The number of hydrogen-bond donors (Lipinski definition) is 0. The second kappa shape index (κ2) is 5.21. The highest BCUT2D eigenvalue weighted by atomic mass is 16.2. The zero-order valence-corrected chi connectivity index (χ0v) is 11.7. The molecule has 0 aliphatic heterocycles. The highest BCUT2D eigenvalue weighted by Crippen LogP contribution is 2.10. The van der Waals surface area contributed by atoms with Gasteiger partial charge in [0, 0.05) is 40.1 Å². The Morgan fingerprint density at radius 3 is 2.74 bits per heavy atom. The largest absolute Gasteiger partial charge is 0.349 e. The van der Waals surface area contributed by atoms with Crippen molar-refractivity contribution in [1.82, 2.24) is 29.4 Å². The van der Waals surface area contributed by atoms with Gasteiger partial charge in [0.15, 0.2) is 5.82 Å². The second-order valence-corrected chi connectivity index (χ2v) is 4.59. The van der Waals surface area contributed by atoms with E-state index in [1.165, 1.54) is 0 Å². The van der Waals surface area contributed by atoms with Crippen molar-refractivity contribution >= 4 is 5.91 Å². The van der Waals surface area contributed by atoms with E-state index in [4.69, 9.17) is 0 Å². The molecule has 0 saturated heterocycles. The van der Waals surface area contributed by atoms with Crippen LogP contribution in [0.1, 0.15) is 18.1 Å². The minimum atomic E-state index is 0.0807. The highest BCUT2D eigenvalue weighted by Gasteiger charge is 2.14. The summed E-state index contributed by atoms with van der Waals surface area (Å²) in [5.74, 6) is 2.38. The van der Waals surface area contributed by atoms with Crippen LogP contribution < -0.4 is 0 Å². The van der Waals surface area contributed by atoms with Gasteiger partial charge in [0.05, 0.1) is 6.20 Å². The molecule has 0 saturated carbocycles. The molecule has 0 unspecified atom stereocenters. The van der Waals surface area contributed by atoms with Gasteiger partial charge in [-0.25, -0.2) is 4.98 Å². The lowest BCUT2D eigenvalue weighted by Crippen LogP contribution is -2.22. The third kappa shape index (κ3) is 2.81. The van der Waals surface area contributed by atoms with Crippen molar-refractivity contribution in [3.05, 3.63) is 23.9 Å². The number of aryl methyl sites for hydroxylation is 3. The quantitative estimate of drug-likeness (QED) is 0.796. The Morgan fingerprint density at radius 2 is 2.16 bits per heavy atom. The molecular weight excluding hydrogens is 244 g/mol. The Labute approximate surface area is 111 Å². The standard InChI is InChI=1S/C12H18N6O/c1-9-14-10(5-6-12(19)16(2)3)18(15-9)11-7-8-13-17(11)4/h7-8H,5-6H2,1-4H3. The lowest BCUT2D eigenvalue weighted by atomic mass is 10.2. The fraction of sp³-hybridized carbons (Fsp3) is 0.500. The monoisotopic (exact) mass is 262 g/mol. The molecular formula is C12H18N6O. The lowest BCUT2D eigenvalue weighted by Gasteiger charge is -2.10. The van der Waals surface area contributed by atoms with Gasteiger partial charge in [-0.15, -0.1) is 5.10 Å². The Hall–Kier alpha value is -2.18. The smallest absolute Gasteiger partial charge is 0.222 e. The second-order valence-electron chi connectivity index (χ2n) is 4.59. The van der Waals surface area contributed by atoms with Crippen molar-refractivity contribution in [1.29, 1.82) is 0 Å². The molecule has 0 spiro atoms. The van der Waals surface area contributed by atoms with Gasteiger partial charge < -0.3 is 4.90 Å². The number of amides is 1. The molecule has 102 valence electrons. The molecule has 0 radical (unpaired) electrons. The predicted molar refractivity (Wildman–Crippen MR) is 69.9 cm³/mol. The van der Waals surface area contributed by atoms with Crippen molar-refractivity contribution in [3.8, 4) is 5.82 Å². The molecule has 0 N–H and O–H groups in total. The zero-order chi connectivity index (χ0) is 14.0. The van der Waals surface area contributed by atoms with Crippen LogP contribution in [0.2, 0.25) is 0 Å². The van der Waals surface area contributed by atoms with Crippen molar-refractivity contribution < 1.29 is 4.79 Å². The SMILES string of the molecule is Cc1nc(CCC(=O)N(C)C)n(-c2ccnn2C)n1. The third-order valence-corrected chi connectivity index (χ3v) is 2.85. The lowest BCUT2D eigenvalue weighted by molar-refractivity contribution is -0.128. The summed E-state index contributed by atoms with van der Waals surface area (Å²) in [6.45, 7) is 1.84. The van der Waals surface area contributed by atoms with Gasteiger partial charge in [0.2, 0.25) is 5.91 Å². The van der Waals surface area contributed by atoms with E-state index < -0.39 is 0 Å². The van der Waals surface area contributed by atoms with E-state index in [1.54, 1.807) is 34.6 Å². The molecule has 0 bridgehead atoms. The van der Waals surface area contributed by atoms with Crippen LogP contribution in [0, 0.1) is 6.92 Å². The summed E-state index contributed by atoms with van der Waals surface area (Å²) in [6, 6.07) is 1.87. The molecule has 0 fully saturated rings. The van der Waals surface area contributed by atoms with E-state index in [0.29, 0.717) is 18.7 Å². The summed E-state index contributed by atoms with van der Waals surface area (Å²) in [7, 11) is 5.35. The van der Waals surface area contributed by atoms with Gasteiger partial charge in [-0.05, 0) is 6.92 Å². The molecule has 2 heterocycles. The van der Waals surface area contributed by atoms with Crippen molar-refractivity contribution in [2.24, 2.45) is 7.05 Å². The molecule has 0 aromatic carbocycles. The molecule has 0 aliphatic rings. The van der Waals surface area contributed by atoms with Gasteiger partial charge in [0.25, 0.3) is 0 Å². The summed E-state index contributed by atoms with van der Waals surface area (Å²) in [6.07, 6.45) is 2.69. The van der Waals surface area contributed by atoms with Crippen LogP contribution in [0.15, 0.2) is 12.3 Å². The Bertz CT molecular complexity index is 583. The molecule has 2 aromatic heterocycles. The van der Waals surface area contributed by atoms with E-state index in [1.807, 2.05) is 20.0 Å². The number of nitrogens with zero attached hydrogens (tertiary/aromatic N) is 6. The fourth-order valence-corrected chi connectivity index (χ4v) is 1.82. The first-order valence-electron chi connectivity index (χ1n) is 6.10. The average molecular weight is 262 g/mol. The van der Waals surface area contributed by atoms with Crippen LogP contribution in [0.3, 0.4) is 0 Å².